The Hall–Kier alpha value is -0.510. The lowest BCUT2D eigenvalue weighted by atomic mass is 9.95. The summed E-state index contributed by atoms with van der Waals surface area (Å²) < 4.78 is 0. The van der Waals surface area contributed by atoms with Crippen molar-refractivity contribution >= 4 is 11.8 Å². The third-order valence-electron chi connectivity index (χ3n) is 4.51. The first-order chi connectivity index (χ1) is 9.18. The van der Waals surface area contributed by atoms with E-state index in [4.69, 9.17) is 0 Å². The lowest BCUT2D eigenvalue weighted by Gasteiger charge is -2.41. The average Bonchev–Trinajstić information content (AvgIpc) is 2.81. The molecule has 0 aliphatic carbocycles. The molecule has 1 aromatic carbocycles. The van der Waals surface area contributed by atoms with E-state index in [1.165, 1.54) is 37.4 Å². The first-order valence-corrected chi connectivity index (χ1v) is 8.28. The van der Waals surface area contributed by atoms with Crippen LogP contribution in [0.5, 0.6) is 0 Å². The van der Waals surface area contributed by atoms with Crippen molar-refractivity contribution in [3.05, 3.63) is 29.8 Å². The fourth-order valence-electron chi connectivity index (χ4n) is 3.18. The Morgan fingerprint density at radius 1 is 1.42 bits per heavy atom. The highest BCUT2D eigenvalue weighted by Gasteiger charge is 2.31. The molecule has 19 heavy (non-hydrogen) atoms. The van der Waals surface area contributed by atoms with E-state index in [-0.39, 0.29) is 0 Å². The van der Waals surface area contributed by atoms with Crippen LogP contribution in [0, 0.1) is 0 Å². The molecule has 2 heterocycles. The Morgan fingerprint density at radius 2 is 2.26 bits per heavy atom. The van der Waals surface area contributed by atoms with Crippen molar-refractivity contribution in [3.63, 3.8) is 0 Å². The molecule has 1 aromatic rings. The van der Waals surface area contributed by atoms with Crippen LogP contribution in [0.4, 0.5) is 0 Å². The zero-order chi connectivity index (χ0) is 13.3. The van der Waals surface area contributed by atoms with Crippen LogP contribution in [0.1, 0.15) is 25.8 Å². The maximum absolute atomic E-state index is 3.67. The fraction of sp³-hybridized carbons (Fsp3) is 0.625. The second-order valence-electron chi connectivity index (χ2n) is 6.13. The molecule has 0 amide bonds. The number of benzene rings is 1. The smallest absolute Gasteiger partial charge is 0.0278 e. The summed E-state index contributed by atoms with van der Waals surface area (Å²) in [6, 6.07) is 8.89. The highest BCUT2D eigenvalue weighted by atomic mass is 32.2. The van der Waals surface area contributed by atoms with Gasteiger partial charge in [0.25, 0.3) is 0 Å². The third-order valence-corrected chi connectivity index (χ3v) is 5.81. The summed E-state index contributed by atoms with van der Waals surface area (Å²) in [6.45, 7) is 9.40. The van der Waals surface area contributed by atoms with E-state index in [0.717, 1.165) is 11.8 Å². The minimum absolute atomic E-state index is 0.314. The second kappa shape index (κ2) is 5.47. The molecule has 3 heteroatoms. The number of fused-ring (bicyclic) bond motifs is 1. The van der Waals surface area contributed by atoms with Crippen LogP contribution in [0.25, 0.3) is 0 Å². The summed E-state index contributed by atoms with van der Waals surface area (Å²) >= 11 is 2.08. The summed E-state index contributed by atoms with van der Waals surface area (Å²) in [7, 11) is 0. The van der Waals surface area contributed by atoms with Gasteiger partial charge < -0.3 is 5.32 Å². The van der Waals surface area contributed by atoms with E-state index in [1.54, 1.807) is 5.56 Å². The minimum Gasteiger partial charge on any atom is -0.309 e. The number of nitrogens with one attached hydrogen (secondary N) is 1. The Morgan fingerprint density at radius 3 is 3.05 bits per heavy atom. The molecule has 0 spiro atoms. The van der Waals surface area contributed by atoms with E-state index in [1.807, 2.05) is 0 Å². The predicted molar refractivity (Wildman–Crippen MR) is 82.9 cm³/mol. The molecule has 0 aromatic heterocycles. The van der Waals surface area contributed by atoms with Gasteiger partial charge in [-0.05, 0) is 31.4 Å². The molecular weight excluding hydrogens is 252 g/mol. The maximum atomic E-state index is 3.67. The van der Waals surface area contributed by atoms with Crippen LogP contribution in [0.2, 0.25) is 0 Å². The van der Waals surface area contributed by atoms with Crippen molar-refractivity contribution in [2.75, 3.05) is 26.2 Å². The Labute approximate surface area is 121 Å². The van der Waals surface area contributed by atoms with E-state index in [9.17, 15) is 0 Å². The van der Waals surface area contributed by atoms with E-state index in [2.05, 4.69) is 60.1 Å². The number of hydrogen-bond donors (Lipinski definition) is 1. The number of hydrogen-bond acceptors (Lipinski definition) is 3. The zero-order valence-corrected chi connectivity index (χ0v) is 12.8. The van der Waals surface area contributed by atoms with Gasteiger partial charge in [0, 0.05) is 41.9 Å². The predicted octanol–water partition coefficient (Wildman–Crippen LogP) is 2.78. The third kappa shape index (κ3) is 2.99. The zero-order valence-electron chi connectivity index (χ0n) is 12.0. The normalized spacial score (nSPS) is 31.4. The topological polar surface area (TPSA) is 15.3 Å². The van der Waals surface area contributed by atoms with Gasteiger partial charge in [-0.2, -0.15) is 0 Å². The summed E-state index contributed by atoms with van der Waals surface area (Å²) in [5, 5.41) is 4.42. The highest BCUT2D eigenvalue weighted by molar-refractivity contribution is 8.00. The number of rotatable bonds is 3. The van der Waals surface area contributed by atoms with Crippen LogP contribution >= 0.6 is 11.8 Å². The molecule has 2 unspecified atom stereocenters. The standard InChI is InChI=1S/C16H24N2S/c1-3-16(2)12-18(9-8-17-16)11-14-10-13-6-4-5-7-15(13)19-14/h4-7,14,17H,3,8-12H2,1-2H3. The van der Waals surface area contributed by atoms with Crippen molar-refractivity contribution in [1.29, 1.82) is 0 Å². The average molecular weight is 276 g/mol. The highest BCUT2D eigenvalue weighted by Crippen LogP contribution is 2.37. The Balaban J connectivity index is 1.59. The molecule has 0 saturated carbocycles. The van der Waals surface area contributed by atoms with Crippen LogP contribution in [0.15, 0.2) is 29.2 Å². The first kappa shape index (κ1) is 13.5. The van der Waals surface area contributed by atoms with Crippen LogP contribution in [-0.4, -0.2) is 41.9 Å². The van der Waals surface area contributed by atoms with E-state index >= 15 is 0 Å². The molecule has 3 rings (SSSR count). The molecule has 2 aliphatic rings. The van der Waals surface area contributed by atoms with Crippen LogP contribution in [0.3, 0.4) is 0 Å². The van der Waals surface area contributed by atoms with Crippen molar-refractivity contribution in [2.45, 2.75) is 42.4 Å². The summed E-state index contributed by atoms with van der Waals surface area (Å²) in [4.78, 5) is 4.16. The number of nitrogens with zero attached hydrogens (tertiary/aromatic N) is 1. The van der Waals surface area contributed by atoms with Crippen LogP contribution < -0.4 is 5.32 Å². The van der Waals surface area contributed by atoms with Crippen molar-refractivity contribution in [1.82, 2.24) is 10.2 Å². The molecule has 2 atom stereocenters. The van der Waals surface area contributed by atoms with Crippen molar-refractivity contribution in [3.8, 4) is 0 Å². The van der Waals surface area contributed by atoms with Gasteiger partial charge in [-0.3, -0.25) is 4.90 Å². The molecule has 2 aliphatic heterocycles. The lowest BCUT2D eigenvalue weighted by Crippen LogP contribution is -2.59. The van der Waals surface area contributed by atoms with Gasteiger partial charge in [0.2, 0.25) is 0 Å². The molecular formula is C16H24N2S. The summed E-state index contributed by atoms with van der Waals surface area (Å²) in [6.07, 6.45) is 2.45. The van der Waals surface area contributed by atoms with Gasteiger partial charge in [-0.1, -0.05) is 25.1 Å². The Kier molecular flexibility index (Phi) is 3.88. The van der Waals surface area contributed by atoms with Crippen molar-refractivity contribution < 1.29 is 0 Å². The van der Waals surface area contributed by atoms with Gasteiger partial charge in [-0.15, -0.1) is 11.8 Å². The molecule has 104 valence electrons. The van der Waals surface area contributed by atoms with E-state index < -0.39 is 0 Å². The lowest BCUT2D eigenvalue weighted by molar-refractivity contribution is 0.140. The number of thioether (sulfide) groups is 1. The largest absolute Gasteiger partial charge is 0.309 e. The number of piperazine rings is 1. The van der Waals surface area contributed by atoms with Gasteiger partial charge in [0.1, 0.15) is 0 Å². The summed E-state index contributed by atoms with van der Waals surface area (Å²) in [5.74, 6) is 0. The molecule has 1 fully saturated rings. The fourth-order valence-corrected chi connectivity index (χ4v) is 4.55. The maximum Gasteiger partial charge on any atom is 0.0278 e. The molecule has 1 N–H and O–H groups in total. The SMILES string of the molecule is CCC1(C)CN(CC2Cc3ccccc3S2)CCN1. The summed E-state index contributed by atoms with van der Waals surface area (Å²) in [5.41, 5.74) is 1.86. The Bertz CT molecular complexity index is 423. The monoisotopic (exact) mass is 276 g/mol. The molecule has 0 radical (unpaired) electrons. The van der Waals surface area contributed by atoms with E-state index in [0.29, 0.717) is 5.54 Å². The molecule has 2 nitrogen and oxygen atoms in total. The second-order valence-corrected chi connectivity index (χ2v) is 7.47. The van der Waals surface area contributed by atoms with Crippen LogP contribution in [-0.2, 0) is 6.42 Å². The van der Waals surface area contributed by atoms with Gasteiger partial charge >= 0.3 is 0 Å². The quantitative estimate of drug-likeness (QED) is 0.914. The van der Waals surface area contributed by atoms with Gasteiger partial charge in [-0.25, -0.2) is 0 Å². The van der Waals surface area contributed by atoms with Crippen molar-refractivity contribution in [2.24, 2.45) is 0 Å². The first-order valence-electron chi connectivity index (χ1n) is 7.40. The minimum atomic E-state index is 0.314. The van der Waals surface area contributed by atoms with Gasteiger partial charge in [0.15, 0.2) is 0 Å². The molecule has 1 saturated heterocycles. The van der Waals surface area contributed by atoms with Gasteiger partial charge in [0.05, 0.1) is 0 Å². The molecule has 0 bridgehead atoms.